The van der Waals surface area contributed by atoms with Gasteiger partial charge in [0.2, 0.25) is 5.78 Å². The van der Waals surface area contributed by atoms with Gasteiger partial charge >= 0.3 is 0 Å². The van der Waals surface area contributed by atoms with Crippen LogP contribution in [0.15, 0.2) is 89.5 Å². The summed E-state index contributed by atoms with van der Waals surface area (Å²) < 4.78 is 26.4. The summed E-state index contributed by atoms with van der Waals surface area (Å²) in [6.07, 6.45) is 0. The molecule has 0 unspecified atom stereocenters. The summed E-state index contributed by atoms with van der Waals surface area (Å²) in [4.78, 5) is 12.8. The lowest BCUT2D eigenvalue weighted by atomic mass is 10.0. The van der Waals surface area contributed by atoms with Crippen LogP contribution in [0.3, 0.4) is 0 Å². The van der Waals surface area contributed by atoms with Crippen LogP contribution in [0.4, 0.5) is 0 Å². The van der Waals surface area contributed by atoms with Gasteiger partial charge in [0, 0.05) is 18.2 Å². The van der Waals surface area contributed by atoms with E-state index in [2.05, 4.69) is 0 Å². The first kappa shape index (κ1) is 18.0. The van der Waals surface area contributed by atoms with E-state index < -0.39 is 15.8 Å². The Bertz CT molecular complexity index is 1200. The van der Waals surface area contributed by atoms with Gasteiger partial charge in [0.1, 0.15) is 5.70 Å². The molecular weight excluding hydrogens is 374 g/mol. The number of aliphatic hydroxyl groups is 1. The molecule has 1 N–H and O–H groups in total. The van der Waals surface area contributed by atoms with Gasteiger partial charge in [-0.1, -0.05) is 66.7 Å². The molecule has 0 radical (unpaired) electrons. The smallest absolute Gasteiger partial charge is 0.265 e. The minimum atomic E-state index is -3.91. The average Bonchev–Trinajstić information content (AvgIpc) is 2.73. The third-order valence-corrected chi connectivity index (χ3v) is 6.61. The molecule has 3 aromatic rings. The van der Waals surface area contributed by atoms with Crippen LogP contribution in [0.5, 0.6) is 0 Å². The second-order valence-corrected chi connectivity index (χ2v) is 8.38. The number of fused-ring (bicyclic) bond motifs is 1. The van der Waals surface area contributed by atoms with Gasteiger partial charge < -0.3 is 5.11 Å². The zero-order valence-electron chi connectivity index (χ0n) is 15.0. The van der Waals surface area contributed by atoms with Gasteiger partial charge in [-0.05, 0) is 23.3 Å². The lowest BCUT2D eigenvalue weighted by Crippen LogP contribution is -2.37. The van der Waals surface area contributed by atoms with E-state index in [-0.39, 0.29) is 21.9 Å². The Hall–Kier alpha value is -3.38. The van der Waals surface area contributed by atoms with E-state index >= 15 is 0 Å². The minimum absolute atomic E-state index is 0.0570. The van der Waals surface area contributed by atoms with E-state index in [9.17, 15) is 18.3 Å². The molecule has 1 heterocycles. The fourth-order valence-corrected chi connectivity index (χ4v) is 4.66. The standard InChI is InChI=1S/C22H17NO4S/c1-23-20(22(25)18-9-5-6-10-19(18)28(23,26)27)21(24)17-13-11-16(12-14-17)15-7-3-2-4-8-15/h2-14,24H,1H3. The number of nitrogens with zero attached hydrogens (tertiary/aromatic N) is 1. The Morgan fingerprint density at radius 1 is 0.821 bits per heavy atom. The summed E-state index contributed by atoms with van der Waals surface area (Å²) in [6, 6.07) is 22.7. The van der Waals surface area contributed by atoms with Crippen molar-refractivity contribution in [3.05, 3.63) is 95.7 Å². The van der Waals surface area contributed by atoms with E-state index in [0.717, 1.165) is 15.4 Å². The number of hydrogen-bond donors (Lipinski definition) is 1. The third kappa shape index (κ3) is 2.78. The number of carbonyl (C=O) groups is 1. The van der Waals surface area contributed by atoms with E-state index in [4.69, 9.17) is 0 Å². The van der Waals surface area contributed by atoms with Gasteiger partial charge in [0.05, 0.1) is 4.90 Å². The van der Waals surface area contributed by atoms with Gasteiger partial charge in [0.15, 0.2) is 5.76 Å². The van der Waals surface area contributed by atoms with Crippen molar-refractivity contribution in [1.29, 1.82) is 0 Å². The molecule has 0 saturated carbocycles. The first-order valence-corrected chi connectivity index (χ1v) is 10.1. The zero-order valence-corrected chi connectivity index (χ0v) is 15.8. The molecule has 3 aromatic carbocycles. The van der Waals surface area contributed by atoms with Crippen LogP contribution in [0, 0.1) is 0 Å². The lowest BCUT2D eigenvalue weighted by Gasteiger charge is -2.28. The number of Topliss-reactive ketones (excluding diaryl/α,β-unsaturated/α-hetero) is 1. The quantitative estimate of drug-likeness (QED) is 0.527. The van der Waals surface area contributed by atoms with Crippen molar-refractivity contribution < 1.29 is 18.3 Å². The Morgan fingerprint density at radius 2 is 1.39 bits per heavy atom. The van der Waals surface area contributed by atoms with Crippen LogP contribution < -0.4 is 0 Å². The van der Waals surface area contributed by atoms with Gasteiger partial charge in [-0.25, -0.2) is 8.42 Å². The Kier molecular flexibility index (Phi) is 4.28. The second kappa shape index (κ2) is 6.65. The first-order chi connectivity index (χ1) is 13.4. The number of likely N-dealkylation sites (N-methyl/N-ethyl adjacent to an activating group) is 1. The van der Waals surface area contributed by atoms with Gasteiger partial charge in [-0.3, -0.25) is 9.10 Å². The van der Waals surface area contributed by atoms with Crippen LogP contribution >= 0.6 is 0 Å². The third-order valence-electron chi connectivity index (χ3n) is 4.79. The summed E-state index contributed by atoms with van der Waals surface area (Å²) in [6.45, 7) is 0. The summed E-state index contributed by atoms with van der Waals surface area (Å²) in [5.41, 5.74) is 2.13. The van der Waals surface area contributed by atoms with Gasteiger partial charge in [0.25, 0.3) is 10.0 Å². The fourth-order valence-electron chi connectivity index (χ4n) is 3.26. The highest BCUT2D eigenvalue weighted by Gasteiger charge is 2.39. The molecule has 0 aliphatic carbocycles. The molecule has 0 fully saturated rings. The van der Waals surface area contributed by atoms with Crippen LogP contribution in [-0.2, 0) is 10.0 Å². The van der Waals surface area contributed by atoms with Gasteiger partial charge in [-0.2, -0.15) is 0 Å². The lowest BCUT2D eigenvalue weighted by molar-refractivity contribution is 0.100. The molecule has 0 saturated heterocycles. The molecule has 0 amide bonds. The molecule has 0 spiro atoms. The van der Waals surface area contributed by atoms with Crippen molar-refractivity contribution in [1.82, 2.24) is 4.31 Å². The van der Waals surface area contributed by atoms with E-state index in [1.54, 1.807) is 24.3 Å². The Labute approximate surface area is 163 Å². The summed E-state index contributed by atoms with van der Waals surface area (Å²) in [5, 5.41) is 10.8. The number of benzene rings is 3. The molecule has 1 aliphatic heterocycles. The number of allylic oxidation sites excluding steroid dienone is 1. The molecule has 140 valence electrons. The maximum Gasteiger partial charge on any atom is 0.265 e. The molecule has 1 aliphatic rings. The number of rotatable bonds is 2. The number of hydrogen-bond acceptors (Lipinski definition) is 4. The van der Waals surface area contributed by atoms with Crippen molar-refractivity contribution >= 4 is 21.6 Å². The normalized spacial score (nSPS) is 17.2. The summed E-state index contributed by atoms with van der Waals surface area (Å²) >= 11 is 0. The summed E-state index contributed by atoms with van der Waals surface area (Å²) in [5.74, 6) is -0.900. The van der Waals surface area contributed by atoms with E-state index in [0.29, 0.717) is 5.56 Å². The van der Waals surface area contributed by atoms with Crippen molar-refractivity contribution in [3.63, 3.8) is 0 Å². The predicted octanol–water partition coefficient (Wildman–Crippen LogP) is 4.10. The number of carbonyl (C=O) groups excluding carboxylic acids is 1. The molecule has 4 rings (SSSR count). The topological polar surface area (TPSA) is 74.7 Å². The van der Waals surface area contributed by atoms with Crippen molar-refractivity contribution in [2.24, 2.45) is 0 Å². The van der Waals surface area contributed by atoms with Crippen LogP contribution in [0.25, 0.3) is 16.9 Å². The molecule has 0 bridgehead atoms. The number of sulfonamides is 1. The van der Waals surface area contributed by atoms with Crippen molar-refractivity contribution in [3.8, 4) is 11.1 Å². The molecule has 28 heavy (non-hydrogen) atoms. The molecule has 5 nitrogen and oxygen atoms in total. The van der Waals surface area contributed by atoms with Crippen LogP contribution in [-0.4, -0.2) is 30.7 Å². The zero-order chi connectivity index (χ0) is 19.9. The van der Waals surface area contributed by atoms with Crippen molar-refractivity contribution in [2.45, 2.75) is 4.90 Å². The fraction of sp³-hybridized carbons (Fsp3) is 0.0455. The largest absolute Gasteiger partial charge is 0.505 e. The monoisotopic (exact) mass is 391 g/mol. The average molecular weight is 391 g/mol. The second-order valence-electron chi connectivity index (χ2n) is 6.44. The highest BCUT2D eigenvalue weighted by atomic mass is 32.2. The number of aliphatic hydroxyl groups excluding tert-OH is 1. The van der Waals surface area contributed by atoms with E-state index in [1.165, 1.54) is 19.2 Å². The molecular formula is C22H17NO4S. The number of ketones is 1. The van der Waals surface area contributed by atoms with Gasteiger partial charge in [-0.15, -0.1) is 0 Å². The SMILES string of the molecule is CN1C(=C(O)c2ccc(-c3ccccc3)cc2)C(=O)c2ccccc2S1(=O)=O. The van der Waals surface area contributed by atoms with E-state index in [1.807, 2.05) is 42.5 Å². The molecule has 0 aromatic heterocycles. The Balaban J connectivity index is 1.82. The minimum Gasteiger partial charge on any atom is -0.505 e. The van der Waals surface area contributed by atoms with Crippen molar-refractivity contribution in [2.75, 3.05) is 7.05 Å². The van der Waals surface area contributed by atoms with Crippen LogP contribution in [0.2, 0.25) is 0 Å². The summed E-state index contributed by atoms with van der Waals surface area (Å²) in [7, 11) is -2.64. The molecule has 6 heteroatoms. The molecule has 0 atom stereocenters. The first-order valence-electron chi connectivity index (χ1n) is 8.63. The highest BCUT2D eigenvalue weighted by molar-refractivity contribution is 7.89. The predicted molar refractivity (Wildman–Crippen MR) is 107 cm³/mol. The maximum atomic E-state index is 12.9. The van der Waals surface area contributed by atoms with Crippen LogP contribution in [0.1, 0.15) is 15.9 Å². The maximum absolute atomic E-state index is 12.9. The Morgan fingerprint density at radius 3 is 2.07 bits per heavy atom. The highest BCUT2D eigenvalue weighted by Crippen LogP contribution is 2.34.